The van der Waals surface area contributed by atoms with Crippen molar-refractivity contribution in [3.8, 4) is 0 Å². The normalized spacial score (nSPS) is 14.8. The molecule has 0 heterocycles. The molecule has 0 radical (unpaired) electrons. The standard InChI is InChI=1S/C16H21N3O2/c17-14(13-6-7-13)10-15(18)16(20)19-8-9-21-11-12-4-2-1-3-5-12/h1-5,10,13,18H,6-9,11,17H2,(H,19,20)/b14-10-,18-15?. The maximum atomic E-state index is 11.7. The van der Waals surface area contributed by atoms with Crippen LogP contribution in [0, 0.1) is 11.3 Å². The summed E-state index contributed by atoms with van der Waals surface area (Å²) in [7, 11) is 0. The molecule has 1 aliphatic carbocycles. The van der Waals surface area contributed by atoms with Gasteiger partial charge in [-0.3, -0.25) is 10.2 Å². The van der Waals surface area contributed by atoms with Gasteiger partial charge in [0, 0.05) is 12.2 Å². The fraction of sp³-hybridized carbons (Fsp3) is 0.375. The second-order valence-electron chi connectivity index (χ2n) is 5.13. The molecule has 2 rings (SSSR count). The number of nitrogens with one attached hydrogen (secondary N) is 2. The Hall–Kier alpha value is -2.14. The van der Waals surface area contributed by atoms with Crippen molar-refractivity contribution in [2.24, 2.45) is 11.7 Å². The summed E-state index contributed by atoms with van der Waals surface area (Å²) >= 11 is 0. The fourth-order valence-corrected chi connectivity index (χ4v) is 1.86. The van der Waals surface area contributed by atoms with Crippen LogP contribution in [0.1, 0.15) is 18.4 Å². The first kappa shape index (κ1) is 15.3. The van der Waals surface area contributed by atoms with Crippen LogP contribution in [0.2, 0.25) is 0 Å². The molecule has 1 fully saturated rings. The second kappa shape index (κ2) is 7.59. The largest absolute Gasteiger partial charge is 0.402 e. The molecule has 21 heavy (non-hydrogen) atoms. The minimum atomic E-state index is -0.415. The van der Waals surface area contributed by atoms with E-state index in [0.717, 1.165) is 18.4 Å². The molecule has 0 aromatic heterocycles. The number of rotatable bonds is 8. The minimum absolute atomic E-state index is 0.0949. The van der Waals surface area contributed by atoms with Crippen LogP contribution in [0.5, 0.6) is 0 Å². The third-order valence-electron chi connectivity index (χ3n) is 3.25. The molecule has 1 aromatic carbocycles. The highest BCUT2D eigenvalue weighted by atomic mass is 16.5. The van der Waals surface area contributed by atoms with Crippen molar-refractivity contribution in [1.29, 1.82) is 5.41 Å². The Kier molecular flexibility index (Phi) is 5.51. The van der Waals surface area contributed by atoms with Gasteiger partial charge in [0.15, 0.2) is 0 Å². The van der Waals surface area contributed by atoms with Crippen molar-refractivity contribution in [2.75, 3.05) is 13.2 Å². The quantitative estimate of drug-likeness (QED) is 0.501. The molecule has 1 aliphatic rings. The average molecular weight is 287 g/mol. The molecule has 0 unspecified atom stereocenters. The SMILES string of the molecule is N=C(/C=C(\N)C1CC1)C(=O)NCCOCc1ccccc1. The van der Waals surface area contributed by atoms with E-state index < -0.39 is 5.91 Å². The average Bonchev–Trinajstić information content (AvgIpc) is 3.32. The van der Waals surface area contributed by atoms with Crippen LogP contribution in [0.15, 0.2) is 42.1 Å². The lowest BCUT2D eigenvalue weighted by molar-refractivity contribution is -0.115. The number of hydrogen-bond donors (Lipinski definition) is 3. The first-order valence-electron chi connectivity index (χ1n) is 7.12. The lowest BCUT2D eigenvalue weighted by Crippen LogP contribution is -2.32. The number of ether oxygens (including phenoxy) is 1. The summed E-state index contributed by atoms with van der Waals surface area (Å²) in [6.07, 6.45) is 3.58. The third kappa shape index (κ3) is 5.39. The summed E-state index contributed by atoms with van der Waals surface area (Å²) in [5.41, 5.74) is 7.41. The van der Waals surface area contributed by atoms with Crippen molar-refractivity contribution in [1.82, 2.24) is 5.32 Å². The molecule has 1 saturated carbocycles. The highest BCUT2D eigenvalue weighted by Crippen LogP contribution is 2.33. The molecule has 1 aromatic rings. The molecule has 0 bridgehead atoms. The molecule has 5 heteroatoms. The summed E-state index contributed by atoms with van der Waals surface area (Å²) in [5, 5.41) is 10.3. The third-order valence-corrected chi connectivity index (χ3v) is 3.25. The molecule has 0 aliphatic heterocycles. The summed E-state index contributed by atoms with van der Waals surface area (Å²) in [5.74, 6) is -0.0470. The number of carbonyl (C=O) groups excluding carboxylic acids is 1. The number of amides is 1. The van der Waals surface area contributed by atoms with E-state index in [1.54, 1.807) is 0 Å². The number of benzene rings is 1. The van der Waals surface area contributed by atoms with Crippen LogP contribution in [-0.4, -0.2) is 24.8 Å². The van der Waals surface area contributed by atoms with Crippen molar-refractivity contribution in [3.63, 3.8) is 0 Å². The van der Waals surface area contributed by atoms with Gasteiger partial charge in [0.1, 0.15) is 5.71 Å². The van der Waals surface area contributed by atoms with Crippen molar-refractivity contribution in [3.05, 3.63) is 47.7 Å². The zero-order valence-electron chi connectivity index (χ0n) is 12.0. The Morgan fingerprint density at radius 2 is 2.10 bits per heavy atom. The molecule has 0 spiro atoms. The van der Waals surface area contributed by atoms with Gasteiger partial charge in [-0.1, -0.05) is 30.3 Å². The topological polar surface area (TPSA) is 88.2 Å². The number of hydrogen-bond acceptors (Lipinski definition) is 4. The fourth-order valence-electron chi connectivity index (χ4n) is 1.86. The first-order chi connectivity index (χ1) is 10.2. The van der Waals surface area contributed by atoms with Crippen molar-refractivity contribution < 1.29 is 9.53 Å². The predicted molar refractivity (Wildman–Crippen MR) is 81.8 cm³/mol. The van der Waals surface area contributed by atoms with E-state index in [1.165, 1.54) is 6.08 Å². The summed E-state index contributed by atoms with van der Waals surface area (Å²) in [6, 6.07) is 9.84. The monoisotopic (exact) mass is 287 g/mol. The summed E-state index contributed by atoms with van der Waals surface area (Å²) < 4.78 is 5.45. The molecule has 1 amide bonds. The first-order valence-corrected chi connectivity index (χ1v) is 7.12. The van der Waals surface area contributed by atoms with Crippen LogP contribution in [0.4, 0.5) is 0 Å². The number of carbonyl (C=O) groups is 1. The Bertz CT molecular complexity index is 522. The van der Waals surface area contributed by atoms with Gasteiger partial charge in [0.2, 0.25) is 0 Å². The minimum Gasteiger partial charge on any atom is -0.402 e. The predicted octanol–water partition coefficient (Wildman–Crippen LogP) is 1.59. The van der Waals surface area contributed by atoms with E-state index in [1.807, 2.05) is 30.3 Å². The van der Waals surface area contributed by atoms with Crippen molar-refractivity contribution in [2.45, 2.75) is 19.4 Å². The maximum absolute atomic E-state index is 11.7. The molecule has 0 saturated heterocycles. The Labute approximate surface area is 124 Å². The maximum Gasteiger partial charge on any atom is 0.269 e. The van der Waals surface area contributed by atoms with Crippen LogP contribution in [0.3, 0.4) is 0 Å². The zero-order chi connectivity index (χ0) is 15.1. The van der Waals surface area contributed by atoms with Gasteiger partial charge in [-0.05, 0) is 30.4 Å². The van der Waals surface area contributed by atoms with E-state index in [4.69, 9.17) is 15.9 Å². The van der Waals surface area contributed by atoms with Gasteiger partial charge in [-0.2, -0.15) is 0 Å². The summed E-state index contributed by atoms with van der Waals surface area (Å²) in [4.78, 5) is 11.7. The van der Waals surface area contributed by atoms with Crippen LogP contribution in [-0.2, 0) is 16.1 Å². The van der Waals surface area contributed by atoms with Gasteiger partial charge in [-0.25, -0.2) is 0 Å². The number of nitrogens with two attached hydrogens (primary N) is 1. The van der Waals surface area contributed by atoms with E-state index in [0.29, 0.717) is 31.4 Å². The Morgan fingerprint density at radius 3 is 2.76 bits per heavy atom. The van der Waals surface area contributed by atoms with Crippen LogP contribution in [0.25, 0.3) is 0 Å². The molecule has 5 nitrogen and oxygen atoms in total. The number of allylic oxidation sites excluding steroid dienone is 1. The van der Waals surface area contributed by atoms with Gasteiger partial charge in [0.05, 0.1) is 13.2 Å². The lowest BCUT2D eigenvalue weighted by atomic mass is 10.2. The van der Waals surface area contributed by atoms with Crippen LogP contribution < -0.4 is 11.1 Å². The molecule has 4 N–H and O–H groups in total. The van der Waals surface area contributed by atoms with E-state index in [-0.39, 0.29) is 5.71 Å². The Morgan fingerprint density at radius 1 is 1.38 bits per heavy atom. The van der Waals surface area contributed by atoms with Crippen LogP contribution >= 0.6 is 0 Å². The van der Waals surface area contributed by atoms with E-state index >= 15 is 0 Å². The van der Waals surface area contributed by atoms with Gasteiger partial charge in [0.25, 0.3) is 5.91 Å². The zero-order valence-corrected chi connectivity index (χ0v) is 12.0. The molecule has 112 valence electrons. The highest BCUT2D eigenvalue weighted by Gasteiger charge is 2.24. The van der Waals surface area contributed by atoms with Gasteiger partial charge >= 0.3 is 0 Å². The van der Waals surface area contributed by atoms with E-state index in [2.05, 4.69) is 5.32 Å². The van der Waals surface area contributed by atoms with E-state index in [9.17, 15) is 4.79 Å². The lowest BCUT2D eigenvalue weighted by Gasteiger charge is -2.06. The second-order valence-corrected chi connectivity index (χ2v) is 5.13. The van der Waals surface area contributed by atoms with Gasteiger partial charge in [-0.15, -0.1) is 0 Å². The highest BCUT2D eigenvalue weighted by molar-refractivity contribution is 6.42. The molecular weight excluding hydrogens is 266 g/mol. The van der Waals surface area contributed by atoms with Crippen molar-refractivity contribution >= 4 is 11.6 Å². The smallest absolute Gasteiger partial charge is 0.269 e. The summed E-state index contributed by atoms with van der Waals surface area (Å²) in [6.45, 7) is 1.31. The van der Waals surface area contributed by atoms with Gasteiger partial charge < -0.3 is 15.8 Å². The molecular formula is C16H21N3O2. The Balaban J connectivity index is 1.60. The molecule has 0 atom stereocenters.